The van der Waals surface area contributed by atoms with Crippen molar-refractivity contribution in [2.45, 2.75) is 31.6 Å². The fourth-order valence-electron chi connectivity index (χ4n) is 1.79. The molecule has 2 unspecified atom stereocenters. The quantitative estimate of drug-likeness (QED) is 0.809. The van der Waals surface area contributed by atoms with E-state index in [0.717, 1.165) is 10.9 Å². The monoisotopic (exact) mass is 208 g/mol. The number of aryl methyl sites for hydroxylation is 1. The van der Waals surface area contributed by atoms with Crippen molar-refractivity contribution in [1.82, 2.24) is 4.98 Å². The van der Waals surface area contributed by atoms with E-state index >= 15 is 0 Å². The minimum atomic E-state index is 0.624. The number of rotatable bonds is 2. The maximum atomic E-state index is 4.18. The zero-order chi connectivity index (χ0) is 9.97. The largest absolute Gasteiger partial charge is 0.380 e. The van der Waals surface area contributed by atoms with Crippen LogP contribution in [0.3, 0.4) is 0 Å². The van der Waals surface area contributed by atoms with Crippen LogP contribution in [0.4, 0.5) is 5.69 Å². The van der Waals surface area contributed by atoms with Gasteiger partial charge in [0.2, 0.25) is 0 Å². The highest BCUT2D eigenvalue weighted by Crippen LogP contribution is 2.28. The zero-order valence-corrected chi connectivity index (χ0v) is 9.47. The second-order valence-electron chi connectivity index (χ2n) is 3.97. The van der Waals surface area contributed by atoms with Crippen molar-refractivity contribution < 1.29 is 0 Å². The van der Waals surface area contributed by atoms with Gasteiger partial charge in [0.25, 0.3) is 0 Å². The first-order valence-corrected chi connectivity index (χ1v) is 6.09. The lowest BCUT2D eigenvalue weighted by atomic mass is 10.2. The van der Waals surface area contributed by atoms with Crippen LogP contribution in [0.15, 0.2) is 18.5 Å². The normalized spacial score (nSPS) is 26.4. The van der Waals surface area contributed by atoms with Crippen LogP contribution in [0, 0.1) is 6.92 Å². The van der Waals surface area contributed by atoms with E-state index in [1.807, 2.05) is 24.2 Å². The third kappa shape index (κ3) is 2.41. The molecule has 1 aliphatic rings. The Morgan fingerprint density at radius 1 is 1.50 bits per heavy atom. The van der Waals surface area contributed by atoms with Gasteiger partial charge in [-0.2, -0.15) is 11.8 Å². The van der Waals surface area contributed by atoms with Crippen molar-refractivity contribution in [2.75, 3.05) is 11.1 Å². The van der Waals surface area contributed by atoms with Gasteiger partial charge in [0.1, 0.15) is 0 Å². The van der Waals surface area contributed by atoms with E-state index in [4.69, 9.17) is 0 Å². The van der Waals surface area contributed by atoms with Crippen molar-refractivity contribution in [3.8, 4) is 0 Å². The summed E-state index contributed by atoms with van der Waals surface area (Å²) in [7, 11) is 0. The van der Waals surface area contributed by atoms with Crippen LogP contribution in [-0.2, 0) is 0 Å². The zero-order valence-electron chi connectivity index (χ0n) is 8.66. The van der Waals surface area contributed by atoms with E-state index in [1.54, 1.807) is 0 Å². The van der Waals surface area contributed by atoms with Crippen molar-refractivity contribution in [2.24, 2.45) is 0 Å². The predicted octanol–water partition coefficient (Wildman–Crippen LogP) is 2.70. The van der Waals surface area contributed by atoms with Crippen LogP contribution < -0.4 is 5.32 Å². The molecule has 0 bridgehead atoms. The van der Waals surface area contributed by atoms with Gasteiger partial charge in [-0.15, -0.1) is 0 Å². The van der Waals surface area contributed by atoms with E-state index in [2.05, 4.69) is 30.2 Å². The molecule has 0 aromatic carbocycles. The molecule has 1 aliphatic heterocycles. The standard InChI is InChI=1S/C11H16N2S/c1-8-3-10(6-12-5-8)13-11-4-9(2)14-7-11/h3,5-6,9,11,13H,4,7H2,1-2H3. The summed E-state index contributed by atoms with van der Waals surface area (Å²) in [6, 6.07) is 2.78. The molecule has 2 atom stereocenters. The fraction of sp³-hybridized carbons (Fsp3) is 0.545. The van der Waals surface area contributed by atoms with E-state index < -0.39 is 0 Å². The molecule has 1 N–H and O–H groups in total. The number of pyridine rings is 1. The number of thioether (sulfide) groups is 1. The van der Waals surface area contributed by atoms with E-state index in [-0.39, 0.29) is 0 Å². The van der Waals surface area contributed by atoms with Crippen LogP contribution in [0.1, 0.15) is 18.9 Å². The second-order valence-corrected chi connectivity index (χ2v) is 5.44. The molecule has 1 saturated heterocycles. The first-order valence-electron chi connectivity index (χ1n) is 5.04. The Labute approximate surface area is 89.5 Å². The third-order valence-electron chi connectivity index (χ3n) is 2.44. The predicted molar refractivity (Wildman–Crippen MR) is 62.9 cm³/mol. The van der Waals surface area contributed by atoms with Gasteiger partial charge in [-0.1, -0.05) is 6.92 Å². The van der Waals surface area contributed by atoms with Crippen molar-refractivity contribution in [3.05, 3.63) is 24.0 Å². The molecule has 14 heavy (non-hydrogen) atoms. The van der Waals surface area contributed by atoms with Gasteiger partial charge < -0.3 is 5.32 Å². The Hall–Kier alpha value is -0.700. The lowest BCUT2D eigenvalue weighted by molar-refractivity contribution is 0.746. The van der Waals surface area contributed by atoms with Crippen LogP contribution in [0.2, 0.25) is 0 Å². The number of nitrogens with zero attached hydrogens (tertiary/aromatic N) is 1. The molecule has 0 saturated carbocycles. The first kappa shape index (κ1) is 9.84. The molecule has 0 aliphatic carbocycles. The highest BCUT2D eigenvalue weighted by Gasteiger charge is 2.21. The number of nitrogens with one attached hydrogen (secondary N) is 1. The highest BCUT2D eigenvalue weighted by atomic mass is 32.2. The van der Waals surface area contributed by atoms with Crippen LogP contribution in [0.25, 0.3) is 0 Å². The Kier molecular flexibility index (Phi) is 2.96. The van der Waals surface area contributed by atoms with Gasteiger partial charge >= 0.3 is 0 Å². The van der Waals surface area contributed by atoms with Crippen molar-refractivity contribution in [3.63, 3.8) is 0 Å². The number of hydrogen-bond donors (Lipinski definition) is 1. The summed E-state index contributed by atoms with van der Waals surface area (Å²) in [5, 5.41) is 4.33. The smallest absolute Gasteiger partial charge is 0.0531 e. The summed E-state index contributed by atoms with van der Waals surface area (Å²) in [6.07, 6.45) is 5.05. The van der Waals surface area contributed by atoms with Crippen LogP contribution in [-0.4, -0.2) is 22.0 Å². The lowest BCUT2D eigenvalue weighted by Crippen LogP contribution is -2.18. The molecule has 2 nitrogen and oxygen atoms in total. The molecule has 0 amide bonds. The number of hydrogen-bond acceptors (Lipinski definition) is 3. The average molecular weight is 208 g/mol. The maximum Gasteiger partial charge on any atom is 0.0531 e. The van der Waals surface area contributed by atoms with Crippen LogP contribution in [0.5, 0.6) is 0 Å². The Morgan fingerprint density at radius 2 is 2.36 bits per heavy atom. The summed E-state index contributed by atoms with van der Waals surface area (Å²) in [6.45, 7) is 4.37. The highest BCUT2D eigenvalue weighted by molar-refractivity contribution is 8.00. The van der Waals surface area contributed by atoms with E-state index in [0.29, 0.717) is 6.04 Å². The number of aromatic nitrogens is 1. The maximum absolute atomic E-state index is 4.18. The van der Waals surface area contributed by atoms with Gasteiger partial charge in [0.05, 0.1) is 5.69 Å². The van der Waals surface area contributed by atoms with Crippen molar-refractivity contribution >= 4 is 17.4 Å². The van der Waals surface area contributed by atoms with Crippen molar-refractivity contribution in [1.29, 1.82) is 0 Å². The molecule has 2 heterocycles. The third-order valence-corrected chi connectivity index (χ3v) is 3.80. The Bertz CT molecular complexity index is 314. The van der Waals surface area contributed by atoms with Gasteiger partial charge in [-0.05, 0) is 25.0 Å². The summed E-state index contributed by atoms with van der Waals surface area (Å²) < 4.78 is 0. The van der Waals surface area contributed by atoms with Gasteiger partial charge in [-0.3, -0.25) is 4.98 Å². The van der Waals surface area contributed by atoms with Gasteiger partial charge in [0, 0.05) is 29.4 Å². The Balaban J connectivity index is 1.97. The molecular formula is C11H16N2S. The van der Waals surface area contributed by atoms with E-state index in [9.17, 15) is 0 Å². The molecule has 2 rings (SSSR count). The molecule has 1 aromatic rings. The number of anilines is 1. The minimum Gasteiger partial charge on any atom is -0.380 e. The second kappa shape index (κ2) is 4.22. The van der Waals surface area contributed by atoms with Crippen LogP contribution >= 0.6 is 11.8 Å². The minimum absolute atomic E-state index is 0.624. The molecular weight excluding hydrogens is 192 g/mol. The van der Waals surface area contributed by atoms with E-state index in [1.165, 1.54) is 17.7 Å². The summed E-state index contributed by atoms with van der Waals surface area (Å²) in [5.41, 5.74) is 2.37. The Morgan fingerprint density at radius 3 is 3.00 bits per heavy atom. The molecule has 0 radical (unpaired) electrons. The fourth-order valence-corrected chi connectivity index (χ4v) is 2.94. The molecule has 76 valence electrons. The SMILES string of the molecule is Cc1cncc(NC2CSC(C)C2)c1. The van der Waals surface area contributed by atoms with Gasteiger partial charge in [0.15, 0.2) is 0 Å². The molecule has 1 fully saturated rings. The lowest BCUT2D eigenvalue weighted by Gasteiger charge is -2.12. The summed E-state index contributed by atoms with van der Waals surface area (Å²) in [4.78, 5) is 4.18. The first-order chi connectivity index (χ1) is 6.74. The molecule has 0 spiro atoms. The summed E-state index contributed by atoms with van der Waals surface area (Å²) in [5.74, 6) is 1.22. The van der Waals surface area contributed by atoms with Gasteiger partial charge in [-0.25, -0.2) is 0 Å². The molecule has 3 heteroatoms. The molecule has 1 aromatic heterocycles. The topological polar surface area (TPSA) is 24.9 Å². The summed E-state index contributed by atoms with van der Waals surface area (Å²) >= 11 is 2.05. The average Bonchev–Trinajstić information content (AvgIpc) is 2.51.